The summed E-state index contributed by atoms with van der Waals surface area (Å²) >= 11 is 0. The van der Waals surface area contributed by atoms with Gasteiger partial charge in [-0.05, 0) is 19.1 Å². The molecule has 6 nitrogen and oxygen atoms in total. The Hall–Kier alpha value is -1.89. The third-order valence-corrected chi connectivity index (χ3v) is 5.38. The third kappa shape index (κ3) is 2.29. The van der Waals surface area contributed by atoms with E-state index in [0.29, 0.717) is 11.3 Å². The first-order chi connectivity index (χ1) is 9.39. The number of hydrogen-bond donors (Lipinski definition) is 0. The zero-order valence-electron chi connectivity index (χ0n) is 11.2. The Balaban J connectivity index is 2.47. The van der Waals surface area contributed by atoms with Gasteiger partial charge in [0.25, 0.3) is 0 Å². The fraction of sp³-hybridized carbons (Fsp3) is 0.385. The number of ketones is 1. The van der Waals surface area contributed by atoms with Gasteiger partial charge in [0.1, 0.15) is 0 Å². The Labute approximate surface area is 117 Å². The van der Waals surface area contributed by atoms with E-state index in [1.807, 2.05) is 0 Å². The second kappa shape index (κ2) is 5.24. The van der Waals surface area contributed by atoms with Crippen LogP contribution in [0.3, 0.4) is 0 Å². The van der Waals surface area contributed by atoms with Gasteiger partial charge in [0.2, 0.25) is 10.0 Å². The van der Waals surface area contributed by atoms with Crippen LogP contribution in [0.15, 0.2) is 24.3 Å². The van der Waals surface area contributed by atoms with Gasteiger partial charge in [-0.2, -0.15) is 0 Å². The van der Waals surface area contributed by atoms with Crippen LogP contribution in [0.2, 0.25) is 0 Å². The molecule has 0 N–H and O–H groups in total. The molecule has 0 aliphatic carbocycles. The van der Waals surface area contributed by atoms with E-state index in [2.05, 4.69) is 4.74 Å². The van der Waals surface area contributed by atoms with Gasteiger partial charge in [0, 0.05) is 18.5 Å². The van der Waals surface area contributed by atoms with E-state index in [9.17, 15) is 18.0 Å². The fourth-order valence-electron chi connectivity index (χ4n) is 2.13. The molecule has 0 saturated carbocycles. The molecule has 0 aromatic heterocycles. The highest BCUT2D eigenvalue weighted by Gasteiger charge is 2.38. The van der Waals surface area contributed by atoms with Crippen LogP contribution in [0.25, 0.3) is 0 Å². The highest BCUT2D eigenvalue weighted by molar-refractivity contribution is 7.94. The van der Waals surface area contributed by atoms with Gasteiger partial charge < -0.3 is 4.74 Å². The van der Waals surface area contributed by atoms with Gasteiger partial charge >= 0.3 is 5.97 Å². The summed E-state index contributed by atoms with van der Waals surface area (Å²) in [5.41, 5.74) is 0.680. The topological polar surface area (TPSA) is 80.8 Å². The normalized spacial score (nSPS) is 16.5. The Morgan fingerprint density at radius 1 is 1.35 bits per heavy atom. The van der Waals surface area contributed by atoms with Gasteiger partial charge in [-0.3, -0.25) is 13.9 Å². The number of ether oxygens (including phenoxy) is 1. The summed E-state index contributed by atoms with van der Waals surface area (Å²) < 4.78 is 30.5. The zero-order valence-corrected chi connectivity index (χ0v) is 12.0. The predicted molar refractivity (Wildman–Crippen MR) is 73.1 cm³/mol. The van der Waals surface area contributed by atoms with Crippen molar-refractivity contribution >= 4 is 27.5 Å². The second-order valence-electron chi connectivity index (χ2n) is 4.47. The monoisotopic (exact) mass is 297 g/mol. The number of benzene rings is 1. The van der Waals surface area contributed by atoms with Crippen LogP contribution in [0, 0.1) is 0 Å². The van der Waals surface area contributed by atoms with E-state index in [1.54, 1.807) is 24.3 Å². The number of carbonyl (C=O) groups is 2. The molecule has 0 spiro atoms. The second-order valence-corrected chi connectivity index (χ2v) is 6.65. The van der Waals surface area contributed by atoms with Crippen molar-refractivity contribution < 1.29 is 22.7 Å². The van der Waals surface area contributed by atoms with E-state index in [-0.39, 0.29) is 18.7 Å². The minimum atomic E-state index is -3.90. The first-order valence-electron chi connectivity index (χ1n) is 6.11. The van der Waals surface area contributed by atoms with Gasteiger partial charge in [0.15, 0.2) is 11.0 Å². The number of sulfonamides is 1. The van der Waals surface area contributed by atoms with Crippen LogP contribution >= 0.6 is 0 Å². The molecule has 0 radical (unpaired) electrons. The molecule has 1 atom stereocenters. The van der Waals surface area contributed by atoms with Gasteiger partial charge in [0.05, 0.1) is 12.8 Å². The lowest BCUT2D eigenvalue weighted by molar-refractivity contribution is -0.139. The molecule has 0 saturated heterocycles. The summed E-state index contributed by atoms with van der Waals surface area (Å²) in [6, 6.07) is 6.48. The molecular formula is C13H15NO5S. The van der Waals surface area contributed by atoms with Crippen LogP contribution in [0.1, 0.15) is 23.7 Å². The number of fused-ring (bicyclic) bond motifs is 1. The van der Waals surface area contributed by atoms with Crippen LogP contribution < -0.4 is 4.31 Å². The largest absolute Gasteiger partial charge is 0.468 e. The number of methoxy groups -OCH3 is 1. The van der Waals surface area contributed by atoms with E-state index in [1.165, 1.54) is 6.92 Å². The molecule has 7 heteroatoms. The number of rotatable bonds is 3. The van der Waals surface area contributed by atoms with Crippen LogP contribution in [0.5, 0.6) is 0 Å². The molecule has 108 valence electrons. The summed E-state index contributed by atoms with van der Waals surface area (Å²) in [4.78, 5) is 23.3. The molecule has 2 rings (SSSR count). The molecule has 1 aliphatic rings. The highest BCUT2D eigenvalue weighted by atomic mass is 32.2. The van der Waals surface area contributed by atoms with Crippen LogP contribution in [-0.4, -0.2) is 39.1 Å². The van der Waals surface area contributed by atoms with Crippen LogP contribution in [-0.2, 0) is 19.6 Å². The van der Waals surface area contributed by atoms with E-state index < -0.39 is 21.2 Å². The Kier molecular flexibility index (Phi) is 3.80. The molecule has 1 aromatic carbocycles. The third-order valence-electron chi connectivity index (χ3n) is 3.30. The van der Waals surface area contributed by atoms with E-state index in [0.717, 1.165) is 11.4 Å². The number of carbonyl (C=O) groups excluding carboxylic acids is 2. The molecule has 0 amide bonds. The molecule has 20 heavy (non-hydrogen) atoms. The summed E-state index contributed by atoms with van der Waals surface area (Å²) in [5.74, 6) is -0.919. The fourth-order valence-corrected chi connectivity index (χ4v) is 3.63. The van der Waals surface area contributed by atoms with Crippen molar-refractivity contribution in [3.05, 3.63) is 29.8 Å². The van der Waals surface area contributed by atoms with E-state index >= 15 is 0 Å². The molecule has 1 aromatic rings. The number of nitrogens with zero attached hydrogens (tertiary/aromatic N) is 1. The molecular weight excluding hydrogens is 282 g/mol. The van der Waals surface area contributed by atoms with Crippen LogP contribution in [0.4, 0.5) is 5.69 Å². The highest BCUT2D eigenvalue weighted by Crippen LogP contribution is 2.30. The Morgan fingerprint density at radius 3 is 2.65 bits per heavy atom. The standard InChI is InChI=1S/C13H15NO5S/c1-9(13(16)19-2)20(17,18)14-8-7-12(15)10-5-3-4-6-11(10)14/h3-6,9H,7-8H2,1-2H3. The van der Waals surface area contributed by atoms with Crippen molar-refractivity contribution in [2.45, 2.75) is 18.6 Å². The van der Waals surface area contributed by atoms with Crippen molar-refractivity contribution in [1.29, 1.82) is 0 Å². The van der Waals surface area contributed by atoms with Crippen molar-refractivity contribution in [2.24, 2.45) is 0 Å². The lowest BCUT2D eigenvalue weighted by Crippen LogP contribution is -2.45. The number of anilines is 1. The maximum absolute atomic E-state index is 12.5. The van der Waals surface area contributed by atoms with Gasteiger partial charge in [-0.25, -0.2) is 8.42 Å². The Bertz CT molecular complexity index is 652. The maximum Gasteiger partial charge on any atom is 0.325 e. The minimum Gasteiger partial charge on any atom is -0.468 e. The quantitative estimate of drug-likeness (QED) is 0.777. The van der Waals surface area contributed by atoms with Gasteiger partial charge in [-0.1, -0.05) is 12.1 Å². The molecule has 0 bridgehead atoms. The number of Topliss-reactive ketones (excluding diaryl/α,β-unsaturated/α-hetero) is 1. The van der Waals surface area contributed by atoms with E-state index in [4.69, 9.17) is 0 Å². The minimum absolute atomic E-state index is 0.0412. The lowest BCUT2D eigenvalue weighted by atomic mass is 10.0. The van der Waals surface area contributed by atoms with Crippen molar-refractivity contribution in [3.8, 4) is 0 Å². The zero-order chi connectivity index (χ0) is 14.9. The average Bonchev–Trinajstić information content (AvgIpc) is 2.46. The maximum atomic E-state index is 12.5. The summed E-state index contributed by atoms with van der Waals surface area (Å²) in [7, 11) is -2.76. The first kappa shape index (κ1) is 14.5. The predicted octanol–water partition coefficient (Wildman–Crippen LogP) is 0.971. The first-order valence-corrected chi connectivity index (χ1v) is 7.61. The van der Waals surface area contributed by atoms with Gasteiger partial charge in [-0.15, -0.1) is 0 Å². The smallest absolute Gasteiger partial charge is 0.325 e. The number of para-hydroxylation sites is 1. The average molecular weight is 297 g/mol. The SMILES string of the molecule is COC(=O)C(C)S(=O)(=O)N1CCC(=O)c2ccccc21. The molecule has 0 fully saturated rings. The molecule has 1 heterocycles. The summed E-state index contributed by atoms with van der Waals surface area (Å²) in [6.45, 7) is 1.32. The summed E-state index contributed by atoms with van der Waals surface area (Å²) in [6.07, 6.45) is 0.101. The summed E-state index contributed by atoms with van der Waals surface area (Å²) in [5, 5.41) is -1.31. The number of hydrogen-bond acceptors (Lipinski definition) is 5. The number of esters is 1. The molecule has 1 unspecified atom stereocenters. The lowest BCUT2D eigenvalue weighted by Gasteiger charge is -2.31. The van der Waals surface area contributed by atoms with Crippen molar-refractivity contribution in [2.75, 3.05) is 18.0 Å². The van der Waals surface area contributed by atoms with Crippen molar-refractivity contribution in [1.82, 2.24) is 0 Å². The van der Waals surface area contributed by atoms with Crippen molar-refractivity contribution in [3.63, 3.8) is 0 Å². The Morgan fingerprint density at radius 2 is 2.00 bits per heavy atom. The molecule has 1 aliphatic heterocycles.